The molecule has 1 fully saturated rings. The Bertz CT molecular complexity index is 590. The summed E-state index contributed by atoms with van der Waals surface area (Å²) in [5.74, 6) is -1.83. The number of halogens is 2. The fourth-order valence-electron chi connectivity index (χ4n) is 2.43. The first-order valence-electron chi connectivity index (χ1n) is 7.88. The van der Waals surface area contributed by atoms with Crippen molar-refractivity contribution >= 4 is 17.7 Å². The van der Waals surface area contributed by atoms with Gasteiger partial charge in [-0.2, -0.15) is 0 Å². The van der Waals surface area contributed by atoms with E-state index < -0.39 is 11.6 Å². The van der Waals surface area contributed by atoms with Crippen LogP contribution in [0, 0.1) is 11.6 Å². The zero-order valence-electron chi connectivity index (χ0n) is 13.6. The van der Waals surface area contributed by atoms with Gasteiger partial charge in [0.05, 0.1) is 12.3 Å². The van der Waals surface area contributed by atoms with Gasteiger partial charge in [0.1, 0.15) is 11.6 Å². The molecule has 2 amide bonds. The van der Waals surface area contributed by atoms with E-state index in [0.717, 1.165) is 12.1 Å². The van der Waals surface area contributed by atoms with Crippen molar-refractivity contribution in [1.29, 1.82) is 0 Å². The van der Waals surface area contributed by atoms with Crippen molar-refractivity contribution in [1.82, 2.24) is 9.80 Å². The number of anilines is 1. The van der Waals surface area contributed by atoms with E-state index in [1.807, 2.05) is 0 Å². The lowest BCUT2D eigenvalue weighted by molar-refractivity contribution is -0.116. The number of rotatable bonds is 5. The van der Waals surface area contributed by atoms with Crippen LogP contribution < -0.4 is 5.32 Å². The molecule has 24 heavy (non-hydrogen) atoms. The van der Waals surface area contributed by atoms with Crippen LogP contribution in [0.1, 0.15) is 13.3 Å². The number of nitrogens with one attached hydrogen (secondary N) is 1. The molecule has 1 N–H and O–H groups in total. The first-order chi connectivity index (χ1) is 11.5. The maximum Gasteiger partial charge on any atom is 0.409 e. The first kappa shape index (κ1) is 18.1. The van der Waals surface area contributed by atoms with Crippen molar-refractivity contribution < 1.29 is 23.1 Å². The molecule has 1 aliphatic rings. The monoisotopic (exact) mass is 341 g/mol. The number of nitrogens with zero attached hydrogens (tertiary/aromatic N) is 2. The Morgan fingerprint density at radius 1 is 1.21 bits per heavy atom. The van der Waals surface area contributed by atoms with Gasteiger partial charge in [0.2, 0.25) is 5.91 Å². The molecule has 0 aromatic heterocycles. The zero-order valence-corrected chi connectivity index (χ0v) is 13.6. The van der Waals surface area contributed by atoms with Crippen LogP contribution in [0.2, 0.25) is 0 Å². The van der Waals surface area contributed by atoms with Crippen molar-refractivity contribution in [3.05, 3.63) is 29.8 Å². The molecule has 132 valence electrons. The zero-order chi connectivity index (χ0) is 17.5. The molecule has 0 bridgehead atoms. The van der Waals surface area contributed by atoms with Crippen molar-refractivity contribution in [2.45, 2.75) is 13.3 Å². The van der Waals surface area contributed by atoms with E-state index in [4.69, 9.17) is 4.74 Å². The molecule has 0 spiro atoms. The second-order valence-corrected chi connectivity index (χ2v) is 5.45. The maximum absolute atomic E-state index is 13.5. The van der Waals surface area contributed by atoms with E-state index >= 15 is 0 Å². The lowest BCUT2D eigenvalue weighted by Gasteiger charge is -2.33. The molecule has 8 heteroatoms. The number of piperazine rings is 1. The van der Waals surface area contributed by atoms with Crippen LogP contribution >= 0.6 is 0 Å². The molecule has 0 atom stereocenters. The predicted molar refractivity (Wildman–Crippen MR) is 84.6 cm³/mol. The quantitative estimate of drug-likeness (QED) is 0.891. The van der Waals surface area contributed by atoms with Crippen LogP contribution in [0.25, 0.3) is 0 Å². The topological polar surface area (TPSA) is 61.9 Å². The highest BCUT2D eigenvalue weighted by atomic mass is 19.1. The van der Waals surface area contributed by atoms with Crippen molar-refractivity contribution in [2.24, 2.45) is 0 Å². The average Bonchev–Trinajstić information content (AvgIpc) is 2.56. The molecule has 0 aliphatic carbocycles. The van der Waals surface area contributed by atoms with Gasteiger partial charge in [-0.05, 0) is 19.1 Å². The number of amides is 2. The second kappa shape index (κ2) is 8.58. The van der Waals surface area contributed by atoms with Gasteiger partial charge >= 0.3 is 6.09 Å². The summed E-state index contributed by atoms with van der Waals surface area (Å²) in [5.41, 5.74) is -0.0338. The lowest BCUT2D eigenvalue weighted by atomic mass is 10.2. The minimum atomic E-state index is -0.800. The Balaban J connectivity index is 1.72. The third-order valence-electron chi connectivity index (χ3n) is 3.76. The highest BCUT2D eigenvalue weighted by Crippen LogP contribution is 2.15. The average molecular weight is 341 g/mol. The third-order valence-corrected chi connectivity index (χ3v) is 3.76. The molecule has 0 saturated carbocycles. The number of carbonyl (C=O) groups excluding carboxylic acids is 2. The molecule has 1 aromatic carbocycles. The fourth-order valence-corrected chi connectivity index (χ4v) is 2.43. The van der Waals surface area contributed by atoms with Crippen LogP contribution in [-0.4, -0.2) is 61.1 Å². The third kappa shape index (κ3) is 5.16. The Morgan fingerprint density at radius 2 is 1.92 bits per heavy atom. The van der Waals surface area contributed by atoms with Crippen LogP contribution in [-0.2, 0) is 9.53 Å². The summed E-state index contributed by atoms with van der Waals surface area (Å²) in [6.07, 6.45) is -0.127. The fraction of sp³-hybridized carbons (Fsp3) is 0.500. The number of hydrogen-bond acceptors (Lipinski definition) is 4. The lowest BCUT2D eigenvalue weighted by Crippen LogP contribution is -2.49. The predicted octanol–water partition coefficient (Wildman–Crippen LogP) is 2.07. The Kier molecular flexibility index (Phi) is 6.48. The van der Waals surface area contributed by atoms with Gasteiger partial charge in [0.15, 0.2) is 0 Å². The number of hydrogen-bond donors (Lipinski definition) is 1. The SMILES string of the molecule is CCOC(=O)N1CCN(CCC(=O)Nc2ccc(F)cc2F)CC1. The van der Waals surface area contributed by atoms with Crippen LogP contribution in [0.5, 0.6) is 0 Å². The second-order valence-electron chi connectivity index (χ2n) is 5.45. The molecule has 0 unspecified atom stereocenters. The van der Waals surface area contributed by atoms with Crippen molar-refractivity contribution in [3.63, 3.8) is 0 Å². The number of benzene rings is 1. The molecule has 2 rings (SSSR count). The molecule has 1 heterocycles. The number of carbonyl (C=O) groups is 2. The minimum absolute atomic E-state index is 0.0338. The summed E-state index contributed by atoms with van der Waals surface area (Å²) >= 11 is 0. The van der Waals surface area contributed by atoms with E-state index in [1.165, 1.54) is 6.07 Å². The summed E-state index contributed by atoms with van der Waals surface area (Å²) in [5, 5.41) is 2.43. The van der Waals surface area contributed by atoms with Gasteiger partial charge in [-0.3, -0.25) is 9.69 Å². The van der Waals surface area contributed by atoms with E-state index in [9.17, 15) is 18.4 Å². The van der Waals surface area contributed by atoms with Crippen LogP contribution in [0.4, 0.5) is 19.3 Å². The summed E-state index contributed by atoms with van der Waals surface area (Å²) < 4.78 is 31.2. The Labute approximate surface area is 139 Å². The molecule has 6 nitrogen and oxygen atoms in total. The largest absolute Gasteiger partial charge is 0.450 e. The summed E-state index contributed by atoms with van der Waals surface area (Å²) in [6, 6.07) is 3.01. The van der Waals surface area contributed by atoms with Gasteiger partial charge in [-0.1, -0.05) is 0 Å². The van der Waals surface area contributed by atoms with Gasteiger partial charge in [-0.25, -0.2) is 13.6 Å². The van der Waals surface area contributed by atoms with E-state index in [1.54, 1.807) is 11.8 Å². The van der Waals surface area contributed by atoms with Crippen LogP contribution in [0.15, 0.2) is 18.2 Å². The summed E-state index contributed by atoms with van der Waals surface area (Å²) in [7, 11) is 0. The maximum atomic E-state index is 13.5. The Morgan fingerprint density at radius 3 is 2.54 bits per heavy atom. The number of ether oxygens (including phenoxy) is 1. The standard InChI is InChI=1S/C16H21F2N3O3/c1-2-24-16(23)21-9-7-20(8-10-21)6-5-15(22)19-14-4-3-12(17)11-13(14)18/h3-4,11H,2,5-10H2,1H3,(H,19,22). The van der Waals surface area contributed by atoms with Gasteiger partial charge < -0.3 is 15.0 Å². The highest BCUT2D eigenvalue weighted by molar-refractivity contribution is 5.90. The first-order valence-corrected chi connectivity index (χ1v) is 7.88. The van der Waals surface area contributed by atoms with E-state index in [2.05, 4.69) is 10.2 Å². The molecule has 1 aliphatic heterocycles. The summed E-state index contributed by atoms with van der Waals surface area (Å²) in [4.78, 5) is 27.1. The molecular weight excluding hydrogens is 320 g/mol. The molecule has 1 aromatic rings. The molecule has 0 radical (unpaired) electrons. The van der Waals surface area contributed by atoms with Gasteiger partial charge in [0, 0.05) is 45.2 Å². The summed E-state index contributed by atoms with van der Waals surface area (Å²) in [6.45, 7) is 5.01. The van der Waals surface area contributed by atoms with Crippen molar-refractivity contribution in [3.8, 4) is 0 Å². The van der Waals surface area contributed by atoms with Gasteiger partial charge in [-0.15, -0.1) is 0 Å². The van der Waals surface area contributed by atoms with Crippen molar-refractivity contribution in [2.75, 3.05) is 44.6 Å². The van der Waals surface area contributed by atoms with E-state index in [0.29, 0.717) is 39.3 Å². The van der Waals surface area contributed by atoms with E-state index in [-0.39, 0.29) is 24.1 Å². The molecular formula is C16H21F2N3O3. The van der Waals surface area contributed by atoms with Crippen LogP contribution in [0.3, 0.4) is 0 Å². The highest BCUT2D eigenvalue weighted by Gasteiger charge is 2.22. The normalized spacial score (nSPS) is 15.2. The molecule has 1 saturated heterocycles. The Hall–Kier alpha value is -2.22. The van der Waals surface area contributed by atoms with Gasteiger partial charge in [0.25, 0.3) is 0 Å². The minimum Gasteiger partial charge on any atom is -0.450 e. The smallest absolute Gasteiger partial charge is 0.409 e.